The molecule has 11 nitrogen and oxygen atoms in total. The fourth-order valence-electron chi connectivity index (χ4n) is 3.25. The molecule has 0 saturated heterocycles. The van der Waals surface area contributed by atoms with E-state index in [1.807, 2.05) is 6.07 Å². The normalized spacial score (nSPS) is 11.9. The summed E-state index contributed by atoms with van der Waals surface area (Å²) >= 11 is 3.11. The van der Waals surface area contributed by atoms with Crippen LogP contribution in [0.4, 0.5) is 34.1 Å². The molecule has 2 rings (SSSR count). The molecule has 0 spiro atoms. The molecule has 0 saturated carbocycles. The van der Waals surface area contributed by atoms with Gasteiger partial charge in [-0.25, -0.2) is 0 Å². The van der Waals surface area contributed by atoms with Gasteiger partial charge in [0.2, 0.25) is 5.91 Å². The van der Waals surface area contributed by atoms with Gasteiger partial charge < -0.3 is 10.2 Å². The van der Waals surface area contributed by atoms with E-state index in [2.05, 4.69) is 57.1 Å². The topological polar surface area (TPSA) is 143 Å². The highest BCUT2D eigenvalue weighted by Gasteiger charge is 2.24. The molecule has 1 amide bonds. The van der Waals surface area contributed by atoms with E-state index >= 15 is 0 Å². The number of carbonyl (C=O) groups excluding carboxylic acids is 1. The van der Waals surface area contributed by atoms with Crippen LogP contribution in [0.25, 0.3) is 0 Å². The number of nitrogens with zero attached hydrogens (tertiary/aromatic N) is 5. The largest absolute Gasteiger partial charge is 0.369 e. The summed E-state index contributed by atoms with van der Waals surface area (Å²) in [5.74, 6) is -0.306. The molecule has 0 aliphatic heterocycles. The Balaban J connectivity index is 2.54. The lowest BCUT2D eigenvalue weighted by Crippen LogP contribution is -2.33. The van der Waals surface area contributed by atoms with E-state index in [4.69, 9.17) is 0 Å². The maximum atomic E-state index is 11.8. The lowest BCUT2D eigenvalue weighted by molar-refractivity contribution is -0.393. The summed E-state index contributed by atoms with van der Waals surface area (Å²) in [6.07, 6.45) is 3.00. The van der Waals surface area contributed by atoms with Crippen LogP contribution in [0.15, 0.2) is 45.0 Å². The van der Waals surface area contributed by atoms with E-state index < -0.39 is 21.2 Å². The second-order valence-corrected chi connectivity index (χ2v) is 8.55. The number of non-ortho nitro benzene ring substituents is 1. The van der Waals surface area contributed by atoms with Crippen molar-refractivity contribution in [1.29, 1.82) is 0 Å². The predicted octanol–water partition coefficient (Wildman–Crippen LogP) is 7.04. The molecule has 1 atom stereocenters. The summed E-state index contributed by atoms with van der Waals surface area (Å²) in [4.78, 5) is 35.1. The molecule has 2 aromatic rings. The minimum atomic E-state index is -0.762. The summed E-state index contributed by atoms with van der Waals surface area (Å²) in [5.41, 5.74) is 0.422. The molecule has 1 N–H and O–H groups in total. The van der Waals surface area contributed by atoms with E-state index in [1.165, 1.54) is 6.92 Å². The first-order valence-corrected chi connectivity index (χ1v) is 11.6. The number of nitro benzene ring substituents is 2. The molecular formula is C22H27BrN6O5. The zero-order chi connectivity index (χ0) is 25.4. The summed E-state index contributed by atoms with van der Waals surface area (Å²) in [7, 11) is 0. The van der Waals surface area contributed by atoms with Crippen molar-refractivity contribution in [3.63, 3.8) is 0 Å². The van der Waals surface area contributed by atoms with Crippen molar-refractivity contribution in [2.45, 2.75) is 53.0 Å². The van der Waals surface area contributed by atoms with E-state index in [1.54, 1.807) is 12.1 Å². The molecule has 0 radical (unpaired) electrons. The van der Waals surface area contributed by atoms with Gasteiger partial charge in [0.1, 0.15) is 5.69 Å². The first-order chi connectivity index (χ1) is 16.1. The average molecular weight is 535 g/mol. The predicted molar refractivity (Wildman–Crippen MR) is 134 cm³/mol. The Morgan fingerprint density at radius 3 is 2.41 bits per heavy atom. The SMILES string of the molecule is CCCCN(c1ccc(N=Nc2c(Br)cc([N+](=O)[O-])cc2[N+](=O)[O-])c(NC(C)=O)c1)C(C)CC. The van der Waals surface area contributed by atoms with Gasteiger partial charge >= 0.3 is 5.69 Å². The zero-order valence-corrected chi connectivity index (χ0v) is 21.0. The standard InChI is InChI=1S/C22H27BrN6O5/c1-5-7-10-27(14(3)6-2)16-8-9-19(20(12-16)24-15(4)30)25-26-22-18(23)11-17(28(31)32)13-21(22)29(33)34/h8-9,11-14H,5-7,10H2,1-4H3,(H,24,30). The number of hydrogen-bond acceptors (Lipinski definition) is 8. The number of unbranched alkanes of at least 4 members (excludes halogenated alkanes) is 1. The van der Waals surface area contributed by atoms with Crippen molar-refractivity contribution < 1.29 is 14.6 Å². The molecular weight excluding hydrogens is 508 g/mol. The second-order valence-electron chi connectivity index (χ2n) is 7.70. The zero-order valence-electron chi connectivity index (χ0n) is 19.4. The fraction of sp³-hybridized carbons (Fsp3) is 0.409. The van der Waals surface area contributed by atoms with Gasteiger partial charge in [-0.1, -0.05) is 20.3 Å². The summed E-state index contributed by atoms with van der Waals surface area (Å²) in [6, 6.07) is 7.57. The third-order valence-electron chi connectivity index (χ3n) is 5.19. The van der Waals surface area contributed by atoms with Gasteiger partial charge in [-0.15, -0.1) is 10.2 Å². The van der Waals surface area contributed by atoms with Crippen LogP contribution < -0.4 is 10.2 Å². The van der Waals surface area contributed by atoms with Crippen molar-refractivity contribution in [3.8, 4) is 0 Å². The van der Waals surface area contributed by atoms with Crippen LogP contribution in [-0.4, -0.2) is 28.3 Å². The van der Waals surface area contributed by atoms with Crippen LogP contribution >= 0.6 is 15.9 Å². The molecule has 0 fully saturated rings. The van der Waals surface area contributed by atoms with Gasteiger partial charge in [0.15, 0.2) is 5.69 Å². The molecule has 0 bridgehead atoms. The number of benzene rings is 2. The van der Waals surface area contributed by atoms with Gasteiger partial charge in [0.05, 0.1) is 26.1 Å². The Morgan fingerprint density at radius 1 is 1.15 bits per heavy atom. The number of azo groups is 1. The third kappa shape index (κ3) is 6.80. The monoisotopic (exact) mass is 534 g/mol. The Hall–Kier alpha value is -3.41. The van der Waals surface area contributed by atoms with Crippen molar-refractivity contribution in [3.05, 3.63) is 55.0 Å². The molecule has 34 heavy (non-hydrogen) atoms. The Morgan fingerprint density at radius 2 is 1.85 bits per heavy atom. The number of rotatable bonds is 11. The Kier molecular flexibility index (Phi) is 9.60. The van der Waals surface area contributed by atoms with Crippen LogP contribution in [0.5, 0.6) is 0 Å². The molecule has 0 heterocycles. The number of anilines is 2. The Bertz CT molecular complexity index is 1110. The van der Waals surface area contributed by atoms with Gasteiger partial charge in [-0.3, -0.25) is 25.0 Å². The summed E-state index contributed by atoms with van der Waals surface area (Å²) in [6.45, 7) is 8.59. The molecule has 2 aromatic carbocycles. The van der Waals surface area contributed by atoms with Gasteiger partial charge in [0.25, 0.3) is 5.69 Å². The van der Waals surface area contributed by atoms with Gasteiger partial charge in [-0.05, 0) is 53.9 Å². The van der Waals surface area contributed by atoms with Crippen LogP contribution in [0.1, 0.15) is 47.0 Å². The fourth-order valence-corrected chi connectivity index (χ4v) is 3.77. The Labute approximate surface area is 205 Å². The number of nitrogens with one attached hydrogen (secondary N) is 1. The van der Waals surface area contributed by atoms with E-state index in [9.17, 15) is 25.0 Å². The van der Waals surface area contributed by atoms with Crippen molar-refractivity contribution in [2.75, 3.05) is 16.8 Å². The number of carbonyl (C=O) groups is 1. The smallest absolute Gasteiger partial charge is 0.304 e. The third-order valence-corrected chi connectivity index (χ3v) is 5.80. The van der Waals surface area contributed by atoms with Crippen LogP contribution in [-0.2, 0) is 4.79 Å². The van der Waals surface area contributed by atoms with E-state index in [0.29, 0.717) is 5.69 Å². The maximum Gasteiger partial charge on any atom is 0.304 e. The first kappa shape index (κ1) is 26.8. The van der Waals surface area contributed by atoms with Crippen LogP contribution in [0.3, 0.4) is 0 Å². The average Bonchev–Trinajstić information content (AvgIpc) is 2.78. The van der Waals surface area contributed by atoms with Gasteiger partial charge in [-0.2, -0.15) is 0 Å². The minimum Gasteiger partial charge on any atom is -0.369 e. The molecule has 0 aromatic heterocycles. The maximum absolute atomic E-state index is 11.8. The minimum absolute atomic E-state index is 0.0531. The number of halogens is 1. The van der Waals surface area contributed by atoms with Crippen LogP contribution in [0.2, 0.25) is 0 Å². The number of amides is 1. The van der Waals surface area contributed by atoms with Gasteiger partial charge in [0, 0.05) is 31.3 Å². The lowest BCUT2D eigenvalue weighted by Gasteiger charge is -2.31. The lowest BCUT2D eigenvalue weighted by atomic mass is 10.1. The molecule has 12 heteroatoms. The molecule has 182 valence electrons. The number of hydrogen-bond donors (Lipinski definition) is 1. The second kappa shape index (κ2) is 12.2. The highest BCUT2D eigenvalue weighted by Crippen LogP contribution is 2.41. The van der Waals surface area contributed by atoms with Crippen molar-refractivity contribution in [2.24, 2.45) is 10.2 Å². The molecule has 0 aliphatic rings. The summed E-state index contributed by atoms with van der Waals surface area (Å²) in [5, 5.41) is 33.4. The number of nitro groups is 2. The highest BCUT2D eigenvalue weighted by atomic mass is 79.9. The highest BCUT2D eigenvalue weighted by molar-refractivity contribution is 9.10. The van der Waals surface area contributed by atoms with Crippen LogP contribution in [0, 0.1) is 20.2 Å². The van der Waals surface area contributed by atoms with Crippen molar-refractivity contribution in [1.82, 2.24) is 0 Å². The molecule has 1 unspecified atom stereocenters. The van der Waals surface area contributed by atoms with Crippen molar-refractivity contribution >= 4 is 56.0 Å². The van der Waals surface area contributed by atoms with E-state index in [-0.39, 0.29) is 27.8 Å². The first-order valence-electron chi connectivity index (χ1n) is 10.8. The summed E-state index contributed by atoms with van der Waals surface area (Å²) < 4.78 is 0.0531. The molecule has 0 aliphatic carbocycles. The van der Waals surface area contributed by atoms with E-state index in [0.717, 1.165) is 43.6 Å². The quantitative estimate of drug-likeness (QED) is 0.186.